The fraction of sp³-hybridized carbons (Fsp3) is 0.350. The summed E-state index contributed by atoms with van der Waals surface area (Å²) in [6.07, 6.45) is -0.380. The topological polar surface area (TPSA) is 59.6 Å². The number of nitrogens with one attached hydrogen (secondary N) is 2. The first kappa shape index (κ1) is 16.1. The number of ether oxygens (including phenoxy) is 2. The van der Waals surface area contributed by atoms with Gasteiger partial charge in [0.1, 0.15) is 6.61 Å². The molecule has 5 heteroatoms. The Balaban J connectivity index is 1.38. The molecule has 2 aliphatic rings. The smallest absolute Gasteiger partial charge is 0.407 e. The van der Waals surface area contributed by atoms with Crippen molar-refractivity contribution < 1.29 is 14.3 Å². The molecule has 1 amide bonds. The average molecular weight is 338 g/mol. The van der Waals surface area contributed by atoms with E-state index in [9.17, 15) is 4.79 Å². The van der Waals surface area contributed by atoms with Crippen molar-refractivity contribution in [1.82, 2.24) is 10.6 Å². The molecule has 1 aliphatic carbocycles. The van der Waals surface area contributed by atoms with Crippen molar-refractivity contribution in [3.63, 3.8) is 0 Å². The van der Waals surface area contributed by atoms with E-state index in [1.165, 1.54) is 22.3 Å². The number of rotatable bonds is 4. The summed E-state index contributed by atoms with van der Waals surface area (Å²) in [5.74, 6) is 0.0919. The number of hydrogen-bond acceptors (Lipinski definition) is 4. The molecule has 5 nitrogen and oxygen atoms in total. The Morgan fingerprint density at radius 3 is 2.44 bits per heavy atom. The SMILES string of the molecule is O=C(NC[C@H]1COCCN1)OCC1c2ccccc2-c2ccccc21. The number of amides is 1. The van der Waals surface area contributed by atoms with Gasteiger partial charge in [-0.25, -0.2) is 4.79 Å². The Labute approximate surface area is 147 Å². The number of hydrogen-bond donors (Lipinski definition) is 2. The Kier molecular flexibility index (Phi) is 4.68. The van der Waals surface area contributed by atoms with Gasteiger partial charge in [0.15, 0.2) is 0 Å². The highest BCUT2D eigenvalue weighted by atomic mass is 16.5. The molecule has 1 saturated heterocycles. The van der Waals surface area contributed by atoms with E-state index < -0.39 is 0 Å². The van der Waals surface area contributed by atoms with E-state index in [-0.39, 0.29) is 18.1 Å². The summed E-state index contributed by atoms with van der Waals surface area (Å²) >= 11 is 0. The van der Waals surface area contributed by atoms with Gasteiger partial charge >= 0.3 is 6.09 Å². The van der Waals surface area contributed by atoms with Crippen molar-refractivity contribution >= 4 is 6.09 Å². The lowest BCUT2D eigenvalue weighted by Gasteiger charge is -2.24. The highest BCUT2D eigenvalue weighted by Crippen LogP contribution is 2.44. The van der Waals surface area contributed by atoms with E-state index in [1.807, 2.05) is 24.3 Å². The fourth-order valence-corrected chi connectivity index (χ4v) is 3.61. The molecule has 4 rings (SSSR count). The quantitative estimate of drug-likeness (QED) is 0.899. The first-order chi connectivity index (χ1) is 12.3. The van der Waals surface area contributed by atoms with Crippen LogP contribution in [0.3, 0.4) is 0 Å². The molecule has 0 bridgehead atoms. The van der Waals surface area contributed by atoms with Crippen LogP contribution in [0.1, 0.15) is 17.0 Å². The second kappa shape index (κ2) is 7.25. The zero-order valence-corrected chi connectivity index (χ0v) is 14.0. The molecule has 0 spiro atoms. The second-order valence-electron chi connectivity index (χ2n) is 6.43. The predicted molar refractivity (Wildman–Crippen MR) is 95.7 cm³/mol. The van der Waals surface area contributed by atoms with E-state index in [0.717, 1.165) is 13.2 Å². The summed E-state index contributed by atoms with van der Waals surface area (Å²) in [6, 6.07) is 16.8. The fourth-order valence-electron chi connectivity index (χ4n) is 3.61. The highest BCUT2D eigenvalue weighted by molar-refractivity contribution is 5.79. The summed E-state index contributed by atoms with van der Waals surface area (Å²) in [7, 11) is 0. The Hall–Kier alpha value is -2.37. The maximum Gasteiger partial charge on any atom is 0.407 e. The molecule has 1 heterocycles. The maximum atomic E-state index is 12.1. The molecule has 2 aromatic carbocycles. The van der Waals surface area contributed by atoms with Crippen LogP contribution in [0, 0.1) is 0 Å². The van der Waals surface area contributed by atoms with Crippen LogP contribution in [-0.2, 0) is 9.47 Å². The molecule has 130 valence electrons. The molecular formula is C20H22N2O3. The van der Waals surface area contributed by atoms with Crippen LogP contribution >= 0.6 is 0 Å². The van der Waals surface area contributed by atoms with Gasteiger partial charge in [-0.15, -0.1) is 0 Å². The zero-order valence-electron chi connectivity index (χ0n) is 14.0. The van der Waals surface area contributed by atoms with Crippen molar-refractivity contribution in [2.45, 2.75) is 12.0 Å². The summed E-state index contributed by atoms with van der Waals surface area (Å²) in [5.41, 5.74) is 4.91. The minimum Gasteiger partial charge on any atom is -0.449 e. The lowest BCUT2D eigenvalue weighted by Crippen LogP contribution is -2.48. The minimum absolute atomic E-state index is 0.0919. The zero-order chi connectivity index (χ0) is 17.1. The average Bonchev–Trinajstić information content (AvgIpc) is 2.99. The van der Waals surface area contributed by atoms with Crippen LogP contribution in [0.25, 0.3) is 11.1 Å². The van der Waals surface area contributed by atoms with Crippen LogP contribution in [0.15, 0.2) is 48.5 Å². The molecule has 0 unspecified atom stereocenters. The Bertz CT molecular complexity index is 711. The van der Waals surface area contributed by atoms with E-state index in [1.54, 1.807) is 0 Å². The largest absolute Gasteiger partial charge is 0.449 e. The van der Waals surface area contributed by atoms with Crippen LogP contribution < -0.4 is 10.6 Å². The first-order valence-electron chi connectivity index (χ1n) is 8.73. The van der Waals surface area contributed by atoms with Gasteiger partial charge in [0.25, 0.3) is 0 Å². The molecule has 2 N–H and O–H groups in total. The van der Waals surface area contributed by atoms with E-state index in [4.69, 9.17) is 9.47 Å². The number of carbonyl (C=O) groups is 1. The van der Waals surface area contributed by atoms with E-state index in [2.05, 4.69) is 34.9 Å². The lowest BCUT2D eigenvalue weighted by atomic mass is 9.98. The van der Waals surface area contributed by atoms with Crippen molar-refractivity contribution in [2.24, 2.45) is 0 Å². The molecule has 1 fully saturated rings. The minimum atomic E-state index is -0.380. The number of alkyl carbamates (subject to hydrolysis) is 1. The predicted octanol–water partition coefficient (Wildman–Crippen LogP) is 2.51. The van der Waals surface area contributed by atoms with Gasteiger partial charge < -0.3 is 20.1 Å². The normalized spacial score (nSPS) is 19.1. The molecule has 1 aliphatic heterocycles. The Morgan fingerprint density at radius 1 is 1.12 bits per heavy atom. The van der Waals surface area contributed by atoms with Crippen LogP contribution in [0.4, 0.5) is 4.79 Å². The van der Waals surface area contributed by atoms with Crippen molar-refractivity contribution in [2.75, 3.05) is 32.9 Å². The van der Waals surface area contributed by atoms with Gasteiger partial charge in [0.05, 0.1) is 13.2 Å². The van der Waals surface area contributed by atoms with E-state index >= 15 is 0 Å². The summed E-state index contributed by atoms with van der Waals surface area (Å²) in [6.45, 7) is 3.01. The van der Waals surface area contributed by atoms with Gasteiger partial charge in [0.2, 0.25) is 0 Å². The maximum absolute atomic E-state index is 12.1. The lowest BCUT2D eigenvalue weighted by molar-refractivity contribution is 0.0751. The molecule has 2 aromatic rings. The molecule has 1 atom stereocenters. The molecular weight excluding hydrogens is 316 g/mol. The van der Waals surface area contributed by atoms with Gasteiger partial charge in [-0.3, -0.25) is 0 Å². The van der Waals surface area contributed by atoms with Gasteiger partial charge in [-0.2, -0.15) is 0 Å². The summed E-state index contributed by atoms with van der Waals surface area (Å²) in [5, 5.41) is 6.12. The number of fused-ring (bicyclic) bond motifs is 3. The molecule has 25 heavy (non-hydrogen) atoms. The van der Waals surface area contributed by atoms with Crippen molar-refractivity contribution in [3.05, 3.63) is 59.7 Å². The molecule has 0 radical (unpaired) electrons. The number of benzene rings is 2. The van der Waals surface area contributed by atoms with Gasteiger partial charge in [0, 0.05) is 25.0 Å². The van der Waals surface area contributed by atoms with Crippen molar-refractivity contribution in [3.8, 4) is 11.1 Å². The second-order valence-corrected chi connectivity index (χ2v) is 6.43. The summed E-state index contributed by atoms with van der Waals surface area (Å²) < 4.78 is 10.9. The van der Waals surface area contributed by atoms with Crippen LogP contribution in [0.5, 0.6) is 0 Å². The first-order valence-corrected chi connectivity index (χ1v) is 8.73. The highest BCUT2D eigenvalue weighted by Gasteiger charge is 2.29. The van der Waals surface area contributed by atoms with Gasteiger partial charge in [-0.1, -0.05) is 48.5 Å². The van der Waals surface area contributed by atoms with Crippen molar-refractivity contribution in [1.29, 1.82) is 0 Å². The van der Waals surface area contributed by atoms with Crippen LogP contribution in [-0.4, -0.2) is 45.0 Å². The summed E-state index contributed by atoms with van der Waals surface area (Å²) in [4.78, 5) is 12.1. The molecule has 0 saturated carbocycles. The Morgan fingerprint density at radius 2 is 1.80 bits per heavy atom. The monoisotopic (exact) mass is 338 g/mol. The third-order valence-electron chi connectivity index (χ3n) is 4.83. The third-order valence-corrected chi connectivity index (χ3v) is 4.83. The molecule has 0 aromatic heterocycles. The number of carbonyl (C=O) groups excluding carboxylic acids is 1. The van der Waals surface area contributed by atoms with E-state index in [0.29, 0.717) is 19.8 Å². The van der Waals surface area contributed by atoms with Crippen LogP contribution in [0.2, 0.25) is 0 Å². The van der Waals surface area contributed by atoms with Gasteiger partial charge in [-0.05, 0) is 22.3 Å². The third kappa shape index (κ3) is 3.38. The number of morpholine rings is 1. The standard InChI is InChI=1S/C20H22N2O3/c23-20(22-11-14-12-24-10-9-21-14)25-13-19-17-7-3-1-5-15(17)16-6-2-4-8-18(16)19/h1-8,14,19,21H,9-13H2,(H,22,23)/t14-/m0/s1.